The van der Waals surface area contributed by atoms with Crippen LogP contribution in [-0.2, 0) is 9.59 Å². The van der Waals surface area contributed by atoms with E-state index in [0.717, 1.165) is 13.1 Å². The van der Waals surface area contributed by atoms with Crippen molar-refractivity contribution in [2.75, 3.05) is 52.4 Å². The average molecular weight is 360 g/mol. The Morgan fingerprint density at radius 3 is 2.19 bits per heavy atom. The summed E-state index contributed by atoms with van der Waals surface area (Å²) >= 11 is 0. The maximum absolute atomic E-state index is 12.3. The van der Waals surface area contributed by atoms with Crippen LogP contribution < -0.4 is 5.32 Å². The van der Waals surface area contributed by atoms with Crippen LogP contribution >= 0.6 is 0 Å². The van der Waals surface area contributed by atoms with Gasteiger partial charge in [-0.05, 0) is 26.0 Å². The highest BCUT2D eigenvalue weighted by molar-refractivity contribution is 5.96. The Bertz CT molecular complexity index is 608. The maximum Gasteiger partial charge on any atom is 0.251 e. The molecule has 26 heavy (non-hydrogen) atoms. The molecular weight excluding hydrogens is 332 g/mol. The quantitative estimate of drug-likeness (QED) is 0.765. The third-order valence-corrected chi connectivity index (χ3v) is 4.64. The Morgan fingerprint density at radius 2 is 1.62 bits per heavy atom. The summed E-state index contributed by atoms with van der Waals surface area (Å²) in [4.78, 5) is 42.1. The van der Waals surface area contributed by atoms with Crippen molar-refractivity contribution in [3.05, 3.63) is 35.9 Å². The molecule has 1 aromatic rings. The minimum absolute atomic E-state index is 0.00783. The lowest BCUT2D eigenvalue weighted by atomic mass is 10.2. The molecule has 1 saturated heterocycles. The molecule has 3 amide bonds. The van der Waals surface area contributed by atoms with E-state index in [9.17, 15) is 14.4 Å². The van der Waals surface area contributed by atoms with Gasteiger partial charge >= 0.3 is 0 Å². The molecule has 142 valence electrons. The molecule has 0 spiro atoms. The Balaban J connectivity index is 1.72. The first-order chi connectivity index (χ1) is 12.5. The van der Waals surface area contributed by atoms with Crippen LogP contribution in [0, 0.1) is 0 Å². The highest BCUT2D eigenvalue weighted by atomic mass is 16.2. The van der Waals surface area contributed by atoms with Crippen molar-refractivity contribution in [2.45, 2.75) is 13.8 Å². The van der Waals surface area contributed by atoms with Gasteiger partial charge in [0.1, 0.15) is 0 Å². The zero-order valence-corrected chi connectivity index (χ0v) is 15.6. The van der Waals surface area contributed by atoms with Gasteiger partial charge in [-0.25, -0.2) is 0 Å². The molecule has 7 nitrogen and oxygen atoms in total. The number of likely N-dealkylation sites (N-methyl/N-ethyl adjacent to an activating group) is 1. The fourth-order valence-corrected chi connectivity index (χ4v) is 2.98. The molecule has 1 N–H and O–H groups in total. The molecule has 1 fully saturated rings. The SMILES string of the molecule is CCN(CC)C(=O)CN1CCN(C(=O)CNC(=O)c2ccccc2)CC1. The molecule has 0 bridgehead atoms. The van der Waals surface area contributed by atoms with E-state index in [2.05, 4.69) is 10.2 Å². The van der Waals surface area contributed by atoms with Gasteiger partial charge in [0.25, 0.3) is 5.91 Å². The topological polar surface area (TPSA) is 73.0 Å². The third kappa shape index (κ3) is 5.56. The number of piperazine rings is 1. The molecule has 0 radical (unpaired) electrons. The zero-order chi connectivity index (χ0) is 18.9. The van der Waals surface area contributed by atoms with Crippen molar-refractivity contribution in [2.24, 2.45) is 0 Å². The van der Waals surface area contributed by atoms with Crippen LogP contribution in [-0.4, -0.2) is 84.8 Å². The summed E-state index contributed by atoms with van der Waals surface area (Å²) in [5.74, 6) is -0.212. The van der Waals surface area contributed by atoms with Crippen LogP contribution in [0.15, 0.2) is 30.3 Å². The molecule has 0 unspecified atom stereocenters. The molecular formula is C19H28N4O3. The number of carbonyl (C=O) groups excluding carboxylic acids is 3. The van der Waals surface area contributed by atoms with Crippen molar-refractivity contribution >= 4 is 17.7 Å². The standard InChI is InChI=1S/C19H28N4O3/c1-3-22(4-2)18(25)15-21-10-12-23(13-11-21)17(24)14-20-19(26)16-8-6-5-7-9-16/h5-9H,3-4,10-15H2,1-2H3,(H,20,26). The lowest BCUT2D eigenvalue weighted by Gasteiger charge is -2.35. The molecule has 1 aliphatic rings. The number of carbonyl (C=O) groups is 3. The van der Waals surface area contributed by atoms with Gasteiger partial charge in [-0.1, -0.05) is 18.2 Å². The van der Waals surface area contributed by atoms with Crippen LogP contribution in [0.25, 0.3) is 0 Å². The number of benzene rings is 1. The first-order valence-electron chi connectivity index (χ1n) is 9.16. The van der Waals surface area contributed by atoms with E-state index in [1.54, 1.807) is 29.2 Å². The minimum atomic E-state index is -0.248. The second-order valence-electron chi connectivity index (χ2n) is 6.27. The predicted octanol–water partition coefficient (Wildman–Crippen LogP) is 0.429. The van der Waals surface area contributed by atoms with E-state index in [4.69, 9.17) is 0 Å². The monoisotopic (exact) mass is 360 g/mol. The average Bonchev–Trinajstić information content (AvgIpc) is 2.68. The maximum atomic E-state index is 12.3. The fourth-order valence-electron chi connectivity index (χ4n) is 2.98. The van der Waals surface area contributed by atoms with Gasteiger partial charge in [0.05, 0.1) is 13.1 Å². The van der Waals surface area contributed by atoms with Crippen LogP contribution in [0.3, 0.4) is 0 Å². The van der Waals surface area contributed by atoms with E-state index in [1.807, 2.05) is 24.8 Å². The number of hydrogen-bond acceptors (Lipinski definition) is 4. The summed E-state index contributed by atoms with van der Waals surface area (Å²) in [5, 5.41) is 2.67. The van der Waals surface area contributed by atoms with Crippen molar-refractivity contribution in [3.63, 3.8) is 0 Å². The van der Waals surface area contributed by atoms with Gasteiger partial charge in [0, 0.05) is 44.8 Å². The van der Waals surface area contributed by atoms with E-state index in [-0.39, 0.29) is 24.3 Å². The molecule has 7 heteroatoms. The number of hydrogen-bond donors (Lipinski definition) is 1. The largest absolute Gasteiger partial charge is 0.343 e. The number of amides is 3. The smallest absolute Gasteiger partial charge is 0.251 e. The number of nitrogens with zero attached hydrogens (tertiary/aromatic N) is 3. The summed E-state index contributed by atoms with van der Waals surface area (Å²) in [6.45, 7) is 8.27. The number of nitrogens with one attached hydrogen (secondary N) is 1. The molecule has 1 aromatic carbocycles. The van der Waals surface area contributed by atoms with Gasteiger partial charge in [-0.3, -0.25) is 19.3 Å². The lowest BCUT2D eigenvalue weighted by Crippen LogP contribution is -2.53. The Hall–Kier alpha value is -2.41. The highest BCUT2D eigenvalue weighted by Gasteiger charge is 2.23. The van der Waals surface area contributed by atoms with Gasteiger partial charge in [-0.2, -0.15) is 0 Å². The van der Waals surface area contributed by atoms with E-state index < -0.39 is 0 Å². The second-order valence-corrected chi connectivity index (χ2v) is 6.27. The minimum Gasteiger partial charge on any atom is -0.343 e. The first-order valence-corrected chi connectivity index (χ1v) is 9.16. The molecule has 0 atom stereocenters. The lowest BCUT2D eigenvalue weighted by molar-refractivity contribution is -0.134. The van der Waals surface area contributed by atoms with Crippen molar-refractivity contribution < 1.29 is 14.4 Å². The summed E-state index contributed by atoms with van der Waals surface area (Å²) < 4.78 is 0. The summed E-state index contributed by atoms with van der Waals surface area (Å²) in [7, 11) is 0. The third-order valence-electron chi connectivity index (χ3n) is 4.64. The molecule has 2 rings (SSSR count). The Labute approximate surface area is 154 Å². The summed E-state index contributed by atoms with van der Waals surface area (Å²) in [6, 6.07) is 8.84. The van der Waals surface area contributed by atoms with E-state index >= 15 is 0 Å². The van der Waals surface area contributed by atoms with Crippen molar-refractivity contribution in [3.8, 4) is 0 Å². The molecule has 0 aromatic heterocycles. The zero-order valence-electron chi connectivity index (χ0n) is 15.6. The van der Waals surface area contributed by atoms with Crippen LogP contribution in [0.2, 0.25) is 0 Å². The van der Waals surface area contributed by atoms with Crippen molar-refractivity contribution in [1.82, 2.24) is 20.0 Å². The van der Waals surface area contributed by atoms with Gasteiger partial charge in [0.2, 0.25) is 11.8 Å². The van der Waals surface area contributed by atoms with Crippen LogP contribution in [0.1, 0.15) is 24.2 Å². The van der Waals surface area contributed by atoms with Gasteiger partial charge in [0.15, 0.2) is 0 Å². The molecule has 1 heterocycles. The van der Waals surface area contributed by atoms with E-state index in [1.165, 1.54) is 0 Å². The second kappa shape index (κ2) is 9.91. The van der Waals surface area contributed by atoms with Gasteiger partial charge in [-0.15, -0.1) is 0 Å². The summed E-state index contributed by atoms with van der Waals surface area (Å²) in [6.07, 6.45) is 0. The molecule has 0 saturated carbocycles. The fraction of sp³-hybridized carbons (Fsp3) is 0.526. The van der Waals surface area contributed by atoms with Crippen LogP contribution in [0.5, 0.6) is 0 Å². The van der Waals surface area contributed by atoms with Crippen LogP contribution in [0.4, 0.5) is 0 Å². The van der Waals surface area contributed by atoms with Crippen molar-refractivity contribution in [1.29, 1.82) is 0 Å². The van der Waals surface area contributed by atoms with Gasteiger partial charge < -0.3 is 15.1 Å². The Morgan fingerprint density at radius 1 is 1.00 bits per heavy atom. The summed E-state index contributed by atoms with van der Waals surface area (Å²) in [5.41, 5.74) is 0.542. The highest BCUT2D eigenvalue weighted by Crippen LogP contribution is 2.04. The number of rotatable bonds is 7. The molecule has 1 aliphatic heterocycles. The molecule has 0 aliphatic carbocycles. The van der Waals surface area contributed by atoms with E-state index in [0.29, 0.717) is 38.3 Å². The predicted molar refractivity (Wildman–Crippen MR) is 99.7 cm³/mol. The first kappa shape index (κ1) is 19.9. The normalized spacial score (nSPS) is 14.8. The Kier molecular flexibility index (Phi) is 7.59.